The second-order valence-corrected chi connectivity index (χ2v) is 6.58. The topological polar surface area (TPSA) is 38.7 Å². The minimum Gasteiger partial charge on any atom is -0.496 e. The zero-order chi connectivity index (χ0) is 14.8. The Morgan fingerprint density at radius 3 is 2.50 bits per heavy atom. The van der Waals surface area contributed by atoms with Gasteiger partial charge in [-0.25, -0.2) is 4.79 Å². The molecule has 0 N–H and O–H groups in total. The predicted octanol–water partition coefficient (Wildman–Crippen LogP) is 4.69. The predicted molar refractivity (Wildman–Crippen MR) is 83.1 cm³/mol. The fraction of sp³-hybridized carbons (Fsp3) is 0.562. The smallest absolute Gasteiger partial charge is 0.235 e. The Balaban J connectivity index is 2.70. The summed E-state index contributed by atoms with van der Waals surface area (Å²) in [4.78, 5) is 15.1. The second-order valence-electron chi connectivity index (χ2n) is 5.67. The van der Waals surface area contributed by atoms with E-state index < -0.39 is 5.54 Å². The van der Waals surface area contributed by atoms with Crippen molar-refractivity contribution >= 4 is 22.0 Å². The highest BCUT2D eigenvalue weighted by Gasteiger charge is 2.38. The molecule has 0 aliphatic heterocycles. The number of halogens is 1. The van der Waals surface area contributed by atoms with E-state index in [1.165, 1.54) is 0 Å². The van der Waals surface area contributed by atoms with Gasteiger partial charge in [-0.2, -0.15) is 4.99 Å². The van der Waals surface area contributed by atoms with Crippen molar-refractivity contribution in [1.82, 2.24) is 0 Å². The number of hydrogen-bond donors (Lipinski definition) is 0. The summed E-state index contributed by atoms with van der Waals surface area (Å²) in [6.07, 6.45) is 5.79. The van der Waals surface area contributed by atoms with Gasteiger partial charge < -0.3 is 4.74 Å². The highest BCUT2D eigenvalue weighted by molar-refractivity contribution is 9.10. The first-order chi connectivity index (χ1) is 9.54. The summed E-state index contributed by atoms with van der Waals surface area (Å²) >= 11 is 3.54. The number of ether oxygens (including phenoxy) is 1. The fourth-order valence-corrected chi connectivity index (χ4v) is 3.67. The van der Waals surface area contributed by atoms with Crippen LogP contribution in [0, 0.1) is 0 Å². The first kappa shape index (κ1) is 15.3. The normalized spacial score (nSPS) is 17.1. The Labute approximate surface area is 128 Å². The Hall–Kier alpha value is -1.12. The van der Waals surface area contributed by atoms with Crippen LogP contribution in [0.25, 0.3) is 0 Å². The van der Waals surface area contributed by atoms with E-state index in [-0.39, 0.29) is 0 Å². The Kier molecular flexibility index (Phi) is 4.66. The monoisotopic (exact) mass is 337 g/mol. The van der Waals surface area contributed by atoms with Crippen LogP contribution >= 0.6 is 15.9 Å². The third kappa shape index (κ3) is 2.68. The van der Waals surface area contributed by atoms with E-state index in [1.807, 2.05) is 6.07 Å². The van der Waals surface area contributed by atoms with Gasteiger partial charge in [0, 0.05) is 10.0 Å². The van der Waals surface area contributed by atoms with E-state index in [1.54, 1.807) is 13.2 Å². The molecule has 20 heavy (non-hydrogen) atoms. The molecule has 0 unspecified atom stereocenters. The van der Waals surface area contributed by atoms with Crippen molar-refractivity contribution in [3.8, 4) is 5.75 Å². The summed E-state index contributed by atoms with van der Waals surface area (Å²) in [6, 6.07) is 4.07. The lowest BCUT2D eigenvalue weighted by Crippen LogP contribution is -2.22. The van der Waals surface area contributed by atoms with Crippen LogP contribution in [0.15, 0.2) is 21.6 Å². The molecule has 0 aromatic heterocycles. The summed E-state index contributed by atoms with van der Waals surface area (Å²) in [7, 11) is 1.68. The molecule has 0 amide bonds. The molecule has 108 valence electrons. The van der Waals surface area contributed by atoms with Crippen molar-refractivity contribution < 1.29 is 9.53 Å². The fourth-order valence-electron chi connectivity index (χ4n) is 3.23. The molecule has 4 heteroatoms. The zero-order valence-corrected chi connectivity index (χ0v) is 13.8. The van der Waals surface area contributed by atoms with Crippen LogP contribution in [0.5, 0.6) is 5.75 Å². The van der Waals surface area contributed by atoms with Crippen LogP contribution < -0.4 is 4.74 Å². The van der Waals surface area contributed by atoms with Gasteiger partial charge in [0.2, 0.25) is 6.08 Å². The minimum atomic E-state index is -0.418. The Bertz CT molecular complexity index is 542. The second kappa shape index (κ2) is 6.11. The maximum Gasteiger partial charge on any atom is 0.235 e. The molecule has 2 rings (SSSR count). The van der Waals surface area contributed by atoms with Gasteiger partial charge in [-0.1, -0.05) is 42.6 Å². The van der Waals surface area contributed by atoms with Gasteiger partial charge in [0.25, 0.3) is 0 Å². The van der Waals surface area contributed by atoms with Crippen molar-refractivity contribution in [2.24, 2.45) is 4.99 Å². The van der Waals surface area contributed by atoms with Crippen molar-refractivity contribution in [2.45, 2.75) is 51.0 Å². The molecule has 1 saturated carbocycles. The van der Waals surface area contributed by atoms with Gasteiger partial charge >= 0.3 is 0 Å². The van der Waals surface area contributed by atoms with Crippen molar-refractivity contribution in [3.05, 3.63) is 27.7 Å². The number of benzene rings is 1. The van der Waals surface area contributed by atoms with Crippen LogP contribution in [0.3, 0.4) is 0 Å². The van der Waals surface area contributed by atoms with E-state index in [2.05, 4.69) is 40.8 Å². The van der Waals surface area contributed by atoms with Crippen LogP contribution in [-0.4, -0.2) is 13.2 Å². The van der Waals surface area contributed by atoms with E-state index in [0.717, 1.165) is 47.0 Å². The minimum absolute atomic E-state index is 0.312. The molecule has 0 atom stereocenters. The van der Waals surface area contributed by atoms with Gasteiger partial charge in [0.15, 0.2) is 0 Å². The number of hydrogen-bond acceptors (Lipinski definition) is 3. The number of methoxy groups -OCH3 is 1. The maximum atomic E-state index is 10.9. The van der Waals surface area contributed by atoms with E-state index >= 15 is 0 Å². The van der Waals surface area contributed by atoms with Crippen LogP contribution in [-0.2, 0) is 10.3 Å². The molecule has 0 bridgehead atoms. The van der Waals surface area contributed by atoms with E-state index in [4.69, 9.17) is 4.74 Å². The molecular weight excluding hydrogens is 318 g/mol. The number of rotatable bonds is 4. The molecule has 1 aromatic carbocycles. The molecule has 1 fully saturated rings. The largest absolute Gasteiger partial charge is 0.496 e. The standard InChI is InChI=1S/C16H20BrNO2/c1-11(2)15-13(8-12(17)9-14(15)20-3)16(18-10-19)6-4-5-7-16/h8-9,11H,4-7H2,1-3H3. The summed E-state index contributed by atoms with van der Waals surface area (Å²) in [5.41, 5.74) is 1.84. The lowest BCUT2D eigenvalue weighted by atomic mass is 9.82. The first-order valence-corrected chi connectivity index (χ1v) is 7.80. The Morgan fingerprint density at radius 2 is 2.00 bits per heavy atom. The van der Waals surface area contributed by atoms with Gasteiger partial charge in [-0.3, -0.25) is 0 Å². The van der Waals surface area contributed by atoms with Crippen molar-refractivity contribution in [3.63, 3.8) is 0 Å². The average molecular weight is 338 g/mol. The molecule has 0 spiro atoms. The highest BCUT2D eigenvalue weighted by atomic mass is 79.9. The van der Waals surface area contributed by atoms with Crippen LogP contribution in [0.4, 0.5) is 0 Å². The first-order valence-electron chi connectivity index (χ1n) is 7.01. The molecule has 1 aliphatic carbocycles. The number of carbonyl (C=O) groups excluding carboxylic acids is 1. The lowest BCUT2D eigenvalue weighted by molar-refractivity contribution is 0.397. The average Bonchev–Trinajstić information content (AvgIpc) is 2.87. The number of isocyanates is 1. The molecule has 0 radical (unpaired) electrons. The summed E-state index contributed by atoms with van der Waals surface area (Å²) in [6.45, 7) is 4.28. The van der Waals surface area contributed by atoms with Gasteiger partial charge in [-0.05, 0) is 36.5 Å². The number of aliphatic imine (C=N–C) groups is 1. The van der Waals surface area contributed by atoms with Crippen molar-refractivity contribution in [2.75, 3.05) is 7.11 Å². The van der Waals surface area contributed by atoms with E-state index in [9.17, 15) is 4.79 Å². The van der Waals surface area contributed by atoms with Crippen molar-refractivity contribution in [1.29, 1.82) is 0 Å². The maximum absolute atomic E-state index is 10.9. The van der Waals surface area contributed by atoms with Gasteiger partial charge in [0.1, 0.15) is 5.75 Å². The SMILES string of the molecule is COc1cc(Br)cc(C2(N=C=O)CCCC2)c1C(C)C. The third-order valence-corrected chi connectivity index (χ3v) is 4.55. The molecule has 1 aliphatic rings. The molecule has 1 aromatic rings. The molecule has 0 saturated heterocycles. The molecular formula is C16H20BrNO2. The molecule has 3 nitrogen and oxygen atoms in total. The van der Waals surface area contributed by atoms with Gasteiger partial charge in [-0.15, -0.1) is 0 Å². The van der Waals surface area contributed by atoms with Gasteiger partial charge in [0.05, 0.1) is 12.6 Å². The third-order valence-electron chi connectivity index (χ3n) is 4.10. The summed E-state index contributed by atoms with van der Waals surface area (Å²) in [5, 5.41) is 0. The quantitative estimate of drug-likeness (QED) is 0.590. The van der Waals surface area contributed by atoms with Crippen LogP contribution in [0.1, 0.15) is 56.6 Å². The zero-order valence-electron chi connectivity index (χ0n) is 12.2. The number of nitrogens with zero attached hydrogens (tertiary/aromatic N) is 1. The highest BCUT2D eigenvalue weighted by Crippen LogP contribution is 2.48. The Morgan fingerprint density at radius 1 is 1.35 bits per heavy atom. The van der Waals surface area contributed by atoms with E-state index in [0.29, 0.717) is 5.92 Å². The lowest BCUT2D eigenvalue weighted by Gasteiger charge is -2.29. The summed E-state index contributed by atoms with van der Waals surface area (Å²) in [5.74, 6) is 1.17. The van der Waals surface area contributed by atoms with Crippen LogP contribution in [0.2, 0.25) is 0 Å². The molecule has 0 heterocycles. The summed E-state index contributed by atoms with van der Waals surface area (Å²) < 4.78 is 6.50.